The zero-order valence-electron chi connectivity index (χ0n) is 12.7. The van der Waals surface area contributed by atoms with Crippen LogP contribution in [0.2, 0.25) is 0 Å². The van der Waals surface area contributed by atoms with Gasteiger partial charge in [0.2, 0.25) is 0 Å². The Morgan fingerprint density at radius 2 is 2.21 bits per heavy atom. The molecule has 0 spiro atoms. The third kappa shape index (κ3) is 2.27. The summed E-state index contributed by atoms with van der Waals surface area (Å²) in [4.78, 5) is 30.9. The van der Waals surface area contributed by atoms with Crippen molar-refractivity contribution in [3.63, 3.8) is 0 Å². The summed E-state index contributed by atoms with van der Waals surface area (Å²) < 4.78 is 0. The third-order valence-electron chi connectivity index (χ3n) is 4.34. The fraction of sp³-hybridized carbons (Fsp3) is 0.167. The zero-order chi connectivity index (χ0) is 16.7. The molecule has 2 aliphatic rings. The first kappa shape index (κ1) is 14.8. The Morgan fingerprint density at radius 3 is 2.88 bits per heavy atom. The molecule has 1 amide bonds. The number of aliphatic carboxylic acids is 1. The average Bonchev–Trinajstić information content (AvgIpc) is 3.13. The monoisotopic (exact) mass is 338 g/mol. The number of carboxylic acid groups (broad SMARTS) is 1. The molecular formula is C18H14N2O3S. The Balaban J connectivity index is 1.73. The van der Waals surface area contributed by atoms with Crippen LogP contribution in [-0.4, -0.2) is 32.9 Å². The highest BCUT2D eigenvalue weighted by molar-refractivity contribution is 7.11. The van der Waals surface area contributed by atoms with Gasteiger partial charge in [0.05, 0.1) is 11.7 Å². The summed E-state index contributed by atoms with van der Waals surface area (Å²) in [6.45, 7) is 0. The predicted octanol–water partition coefficient (Wildman–Crippen LogP) is 3.03. The number of carbonyl (C=O) groups excluding carboxylic acids is 1. The summed E-state index contributed by atoms with van der Waals surface area (Å²) in [6, 6.07) is 9.13. The fourth-order valence-electron chi connectivity index (χ4n) is 3.28. The number of thiophene rings is 1. The highest BCUT2D eigenvalue weighted by Gasteiger charge is 2.49. The van der Waals surface area contributed by atoms with E-state index in [1.165, 1.54) is 16.2 Å². The topological polar surface area (TPSA) is 70.5 Å². The minimum absolute atomic E-state index is 0.122. The highest BCUT2D eigenvalue weighted by Crippen LogP contribution is 2.44. The van der Waals surface area contributed by atoms with Crippen LogP contribution in [0.5, 0.6) is 0 Å². The second kappa shape index (κ2) is 5.72. The van der Waals surface area contributed by atoms with E-state index in [0.29, 0.717) is 17.7 Å². The molecule has 2 aliphatic heterocycles. The van der Waals surface area contributed by atoms with E-state index < -0.39 is 5.97 Å². The molecule has 0 bridgehead atoms. The number of rotatable bonds is 3. The molecule has 120 valence electrons. The van der Waals surface area contributed by atoms with Crippen LogP contribution < -0.4 is 0 Å². The second-order valence-corrected chi connectivity index (χ2v) is 6.64. The van der Waals surface area contributed by atoms with Crippen molar-refractivity contribution < 1.29 is 14.7 Å². The van der Waals surface area contributed by atoms with Crippen molar-refractivity contribution in [2.75, 3.05) is 0 Å². The van der Waals surface area contributed by atoms with Gasteiger partial charge in [-0.15, -0.1) is 11.3 Å². The van der Waals surface area contributed by atoms with E-state index in [0.717, 1.165) is 16.9 Å². The lowest BCUT2D eigenvalue weighted by Crippen LogP contribution is -2.57. The molecule has 2 aromatic rings. The molecule has 1 saturated heterocycles. The van der Waals surface area contributed by atoms with E-state index in [4.69, 9.17) is 0 Å². The number of carboxylic acids is 1. The summed E-state index contributed by atoms with van der Waals surface area (Å²) in [5.41, 5.74) is 2.22. The van der Waals surface area contributed by atoms with E-state index in [1.54, 1.807) is 12.3 Å². The summed E-state index contributed by atoms with van der Waals surface area (Å²) in [5, 5.41) is 11.6. The standard InChI is InChI=1S/C18H14N2O3S/c21-17-13(10-11-4-1-2-8-19-11)14-7-6-12(15-5-3-9-24-15)16(18(22)23)20(14)17/h1-5,8-10,14H,6-7H2,(H,22,23)/b13-10+. The van der Waals surface area contributed by atoms with Gasteiger partial charge in [0.15, 0.2) is 0 Å². The van der Waals surface area contributed by atoms with Gasteiger partial charge in [-0.25, -0.2) is 4.79 Å². The first-order chi connectivity index (χ1) is 11.7. The molecule has 0 aromatic carbocycles. The first-order valence-corrected chi connectivity index (χ1v) is 8.51. The lowest BCUT2D eigenvalue weighted by atomic mass is 9.82. The van der Waals surface area contributed by atoms with Gasteiger partial charge in [0.25, 0.3) is 5.91 Å². The van der Waals surface area contributed by atoms with Crippen LogP contribution >= 0.6 is 11.3 Å². The van der Waals surface area contributed by atoms with Crippen molar-refractivity contribution in [1.82, 2.24) is 9.88 Å². The molecule has 0 aliphatic carbocycles. The largest absolute Gasteiger partial charge is 0.477 e. The van der Waals surface area contributed by atoms with Crippen LogP contribution in [0.25, 0.3) is 11.6 Å². The molecule has 0 radical (unpaired) electrons. The van der Waals surface area contributed by atoms with Gasteiger partial charge < -0.3 is 5.11 Å². The molecule has 4 rings (SSSR count). The maximum Gasteiger partial charge on any atom is 0.352 e. The molecule has 1 unspecified atom stereocenters. The van der Waals surface area contributed by atoms with E-state index in [-0.39, 0.29) is 17.6 Å². The zero-order valence-corrected chi connectivity index (χ0v) is 13.5. The number of amides is 1. The van der Waals surface area contributed by atoms with Gasteiger partial charge in [0.1, 0.15) is 5.70 Å². The maximum atomic E-state index is 12.6. The van der Waals surface area contributed by atoms with Crippen LogP contribution in [-0.2, 0) is 9.59 Å². The predicted molar refractivity (Wildman–Crippen MR) is 91.0 cm³/mol. The molecule has 0 saturated carbocycles. The summed E-state index contributed by atoms with van der Waals surface area (Å²) in [5.74, 6) is -1.29. The van der Waals surface area contributed by atoms with Crippen molar-refractivity contribution in [1.29, 1.82) is 0 Å². The normalized spacial score (nSPS) is 21.7. The van der Waals surface area contributed by atoms with E-state index >= 15 is 0 Å². The third-order valence-corrected chi connectivity index (χ3v) is 5.27. The van der Waals surface area contributed by atoms with Crippen LogP contribution in [0.3, 0.4) is 0 Å². The number of pyridine rings is 1. The quantitative estimate of drug-likeness (QED) is 0.690. The number of hydrogen-bond acceptors (Lipinski definition) is 4. The Labute approximate surface area is 142 Å². The molecule has 24 heavy (non-hydrogen) atoms. The second-order valence-electron chi connectivity index (χ2n) is 5.69. The van der Waals surface area contributed by atoms with E-state index in [1.807, 2.05) is 35.7 Å². The number of β-lactam (4-membered cyclic amide) rings is 1. The minimum Gasteiger partial charge on any atom is -0.477 e. The molecule has 4 heterocycles. The molecule has 5 nitrogen and oxygen atoms in total. The van der Waals surface area contributed by atoms with Crippen LogP contribution in [0.15, 0.2) is 53.2 Å². The van der Waals surface area contributed by atoms with E-state index in [9.17, 15) is 14.7 Å². The van der Waals surface area contributed by atoms with Gasteiger partial charge in [-0.05, 0) is 42.5 Å². The first-order valence-electron chi connectivity index (χ1n) is 7.63. The Kier molecular flexibility index (Phi) is 3.54. The summed E-state index contributed by atoms with van der Waals surface area (Å²) in [6.07, 6.45) is 4.81. The average molecular weight is 338 g/mol. The Bertz CT molecular complexity index is 869. The molecule has 1 N–H and O–H groups in total. The Hall–Kier alpha value is -2.73. The summed E-state index contributed by atoms with van der Waals surface area (Å²) >= 11 is 1.50. The van der Waals surface area contributed by atoms with E-state index in [2.05, 4.69) is 4.98 Å². The SMILES string of the molecule is O=C(O)C1=C(c2cccs2)CCC2/C(=C\c3ccccn3)C(=O)N12. The smallest absolute Gasteiger partial charge is 0.352 e. The fourth-order valence-corrected chi connectivity index (χ4v) is 4.09. The van der Waals surface area contributed by atoms with Gasteiger partial charge in [-0.3, -0.25) is 14.7 Å². The van der Waals surface area contributed by atoms with Crippen molar-refractivity contribution in [3.05, 3.63) is 63.7 Å². The summed E-state index contributed by atoms with van der Waals surface area (Å²) in [7, 11) is 0. The molecule has 1 atom stereocenters. The van der Waals surface area contributed by atoms with Gasteiger partial charge in [-0.1, -0.05) is 12.1 Å². The van der Waals surface area contributed by atoms with Gasteiger partial charge >= 0.3 is 5.97 Å². The molecular weight excluding hydrogens is 324 g/mol. The Morgan fingerprint density at radius 1 is 1.33 bits per heavy atom. The minimum atomic E-state index is -1.05. The number of nitrogens with zero attached hydrogens (tertiary/aromatic N) is 2. The van der Waals surface area contributed by atoms with Gasteiger partial charge in [0, 0.05) is 22.2 Å². The lowest BCUT2D eigenvalue weighted by Gasteiger charge is -2.46. The van der Waals surface area contributed by atoms with Crippen LogP contribution in [0.4, 0.5) is 0 Å². The molecule has 6 heteroatoms. The lowest BCUT2D eigenvalue weighted by molar-refractivity contribution is -0.143. The van der Waals surface area contributed by atoms with Crippen molar-refractivity contribution >= 4 is 34.9 Å². The van der Waals surface area contributed by atoms with Crippen molar-refractivity contribution in [2.45, 2.75) is 18.9 Å². The number of hydrogen-bond donors (Lipinski definition) is 1. The maximum absolute atomic E-state index is 12.6. The number of allylic oxidation sites excluding steroid dienone is 1. The molecule has 2 aromatic heterocycles. The molecule has 1 fully saturated rings. The van der Waals surface area contributed by atoms with Crippen LogP contribution in [0.1, 0.15) is 23.4 Å². The van der Waals surface area contributed by atoms with Crippen molar-refractivity contribution in [2.24, 2.45) is 0 Å². The number of carbonyl (C=O) groups is 2. The van der Waals surface area contributed by atoms with Gasteiger partial charge in [-0.2, -0.15) is 0 Å². The number of fused-ring (bicyclic) bond motifs is 1. The highest BCUT2D eigenvalue weighted by atomic mass is 32.1. The van der Waals surface area contributed by atoms with Crippen LogP contribution in [0, 0.1) is 0 Å². The van der Waals surface area contributed by atoms with Crippen molar-refractivity contribution in [3.8, 4) is 0 Å². The number of aromatic nitrogens is 1.